The van der Waals surface area contributed by atoms with Crippen molar-refractivity contribution in [3.63, 3.8) is 0 Å². The first kappa shape index (κ1) is 13.7. The maximum Gasteiger partial charge on any atom is 0.144 e. The number of aromatic nitrogens is 2. The van der Waals surface area contributed by atoms with Crippen molar-refractivity contribution in [3.8, 4) is 0 Å². The van der Waals surface area contributed by atoms with Gasteiger partial charge in [0.2, 0.25) is 0 Å². The molecule has 1 spiro atoms. The molecule has 6 nitrogen and oxygen atoms in total. The minimum atomic E-state index is -0.0103. The summed E-state index contributed by atoms with van der Waals surface area (Å²) < 4.78 is 11.3. The Morgan fingerprint density at radius 3 is 3.23 bits per heavy atom. The van der Waals surface area contributed by atoms with E-state index < -0.39 is 0 Å². The standard InChI is InChI=1S/C16H20N4O2/c1-6-21-10-13(1)9-20-5-2-16(12-20)7-14(11-22-16)19-15-8-17-3-4-18-15/h1,3-4,6,8,10,14H,2,5,7,9,11-12H2,(H,18,19). The number of ether oxygens (including phenoxy) is 1. The second-order valence-corrected chi connectivity index (χ2v) is 6.22. The molecule has 4 rings (SSSR count). The van der Waals surface area contributed by atoms with Crippen molar-refractivity contribution in [1.29, 1.82) is 0 Å². The zero-order valence-electron chi connectivity index (χ0n) is 12.4. The summed E-state index contributed by atoms with van der Waals surface area (Å²) in [6.07, 6.45) is 10.8. The smallest absolute Gasteiger partial charge is 0.144 e. The fourth-order valence-electron chi connectivity index (χ4n) is 3.51. The number of hydrogen-bond acceptors (Lipinski definition) is 6. The normalized spacial score (nSPS) is 28.5. The highest BCUT2D eigenvalue weighted by molar-refractivity contribution is 5.32. The maximum atomic E-state index is 6.16. The molecule has 0 aliphatic carbocycles. The van der Waals surface area contributed by atoms with E-state index in [-0.39, 0.29) is 5.60 Å². The van der Waals surface area contributed by atoms with E-state index in [0.29, 0.717) is 6.04 Å². The minimum Gasteiger partial charge on any atom is -0.472 e. The van der Waals surface area contributed by atoms with Crippen molar-refractivity contribution < 1.29 is 9.15 Å². The summed E-state index contributed by atoms with van der Waals surface area (Å²) in [4.78, 5) is 10.8. The van der Waals surface area contributed by atoms with Crippen LogP contribution in [0.4, 0.5) is 5.82 Å². The Morgan fingerprint density at radius 2 is 2.41 bits per heavy atom. The van der Waals surface area contributed by atoms with Crippen LogP contribution in [0.15, 0.2) is 41.6 Å². The topological polar surface area (TPSA) is 63.4 Å². The van der Waals surface area contributed by atoms with E-state index in [2.05, 4.69) is 20.2 Å². The van der Waals surface area contributed by atoms with Gasteiger partial charge in [0.1, 0.15) is 5.82 Å². The summed E-state index contributed by atoms with van der Waals surface area (Å²) in [6, 6.07) is 2.34. The number of rotatable bonds is 4. The molecule has 2 fully saturated rings. The Bertz CT molecular complexity index is 604. The molecule has 2 aliphatic rings. The first-order chi connectivity index (χ1) is 10.8. The van der Waals surface area contributed by atoms with E-state index in [1.54, 1.807) is 24.9 Å². The lowest BCUT2D eigenvalue weighted by molar-refractivity contribution is 0.0120. The van der Waals surface area contributed by atoms with E-state index in [4.69, 9.17) is 9.15 Å². The van der Waals surface area contributed by atoms with Crippen molar-refractivity contribution in [2.45, 2.75) is 31.0 Å². The van der Waals surface area contributed by atoms with Gasteiger partial charge in [0, 0.05) is 44.0 Å². The summed E-state index contributed by atoms with van der Waals surface area (Å²) in [7, 11) is 0. The minimum absolute atomic E-state index is 0.0103. The fraction of sp³-hybridized carbons (Fsp3) is 0.500. The lowest BCUT2D eigenvalue weighted by atomic mass is 9.97. The molecule has 2 aliphatic heterocycles. The number of nitrogens with one attached hydrogen (secondary N) is 1. The molecule has 0 aromatic carbocycles. The SMILES string of the molecule is c1cnc(NC2COC3(CCN(Cc4ccoc4)C3)C2)cn1. The van der Waals surface area contributed by atoms with Crippen LogP contribution >= 0.6 is 0 Å². The van der Waals surface area contributed by atoms with Crippen LogP contribution in [0.5, 0.6) is 0 Å². The predicted octanol–water partition coefficient (Wildman–Crippen LogP) is 1.92. The van der Waals surface area contributed by atoms with Crippen LogP contribution in [0.2, 0.25) is 0 Å². The third-order valence-electron chi connectivity index (χ3n) is 4.51. The fourth-order valence-corrected chi connectivity index (χ4v) is 3.51. The zero-order valence-corrected chi connectivity index (χ0v) is 12.4. The van der Waals surface area contributed by atoms with Gasteiger partial charge in [-0.1, -0.05) is 0 Å². The van der Waals surface area contributed by atoms with Crippen molar-refractivity contribution >= 4 is 5.82 Å². The molecular weight excluding hydrogens is 280 g/mol. The van der Waals surface area contributed by atoms with Gasteiger partial charge in [0.05, 0.1) is 37.0 Å². The van der Waals surface area contributed by atoms with Crippen LogP contribution in [0, 0.1) is 0 Å². The van der Waals surface area contributed by atoms with Crippen molar-refractivity contribution in [1.82, 2.24) is 14.9 Å². The molecule has 0 radical (unpaired) electrons. The summed E-state index contributed by atoms with van der Waals surface area (Å²) in [5.74, 6) is 0.821. The van der Waals surface area contributed by atoms with Gasteiger partial charge in [-0.05, 0) is 12.5 Å². The zero-order chi connectivity index (χ0) is 14.8. The van der Waals surface area contributed by atoms with Gasteiger partial charge in [-0.15, -0.1) is 0 Å². The van der Waals surface area contributed by atoms with Crippen LogP contribution in [-0.2, 0) is 11.3 Å². The van der Waals surface area contributed by atoms with Gasteiger partial charge in [0.25, 0.3) is 0 Å². The van der Waals surface area contributed by atoms with Crippen LogP contribution < -0.4 is 5.32 Å². The van der Waals surface area contributed by atoms with E-state index in [1.165, 1.54) is 5.56 Å². The van der Waals surface area contributed by atoms with Gasteiger partial charge >= 0.3 is 0 Å². The van der Waals surface area contributed by atoms with Crippen LogP contribution in [0.1, 0.15) is 18.4 Å². The number of hydrogen-bond donors (Lipinski definition) is 1. The molecule has 116 valence electrons. The Morgan fingerprint density at radius 1 is 1.41 bits per heavy atom. The Labute approximate surface area is 129 Å². The Balaban J connectivity index is 1.34. The molecule has 0 bridgehead atoms. The average molecular weight is 300 g/mol. The quantitative estimate of drug-likeness (QED) is 0.930. The van der Waals surface area contributed by atoms with Crippen LogP contribution in [-0.4, -0.2) is 46.2 Å². The highest BCUT2D eigenvalue weighted by Crippen LogP contribution is 2.36. The van der Waals surface area contributed by atoms with Crippen molar-refractivity contribution in [2.75, 3.05) is 25.0 Å². The van der Waals surface area contributed by atoms with E-state index >= 15 is 0 Å². The van der Waals surface area contributed by atoms with Gasteiger partial charge in [-0.2, -0.15) is 0 Å². The highest BCUT2D eigenvalue weighted by Gasteiger charge is 2.45. The Kier molecular flexibility index (Phi) is 3.56. The van der Waals surface area contributed by atoms with Gasteiger partial charge < -0.3 is 14.5 Å². The summed E-state index contributed by atoms with van der Waals surface area (Å²) >= 11 is 0. The lowest BCUT2D eigenvalue weighted by Crippen LogP contribution is -2.33. The van der Waals surface area contributed by atoms with Crippen molar-refractivity contribution in [2.24, 2.45) is 0 Å². The largest absolute Gasteiger partial charge is 0.472 e. The predicted molar refractivity (Wildman–Crippen MR) is 81.3 cm³/mol. The van der Waals surface area contributed by atoms with Crippen LogP contribution in [0.25, 0.3) is 0 Å². The second-order valence-electron chi connectivity index (χ2n) is 6.22. The van der Waals surface area contributed by atoms with Crippen molar-refractivity contribution in [3.05, 3.63) is 42.7 Å². The summed E-state index contributed by atoms with van der Waals surface area (Å²) in [6.45, 7) is 3.72. The molecule has 2 unspecified atom stereocenters. The first-order valence-electron chi connectivity index (χ1n) is 7.71. The van der Waals surface area contributed by atoms with Crippen LogP contribution in [0.3, 0.4) is 0 Å². The third-order valence-corrected chi connectivity index (χ3v) is 4.51. The van der Waals surface area contributed by atoms with Gasteiger partial charge in [-0.25, -0.2) is 4.98 Å². The lowest BCUT2D eigenvalue weighted by Gasteiger charge is -2.23. The number of nitrogens with zero attached hydrogens (tertiary/aromatic N) is 3. The summed E-state index contributed by atoms with van der Waals surface area (Å²) in [5, 5.41) is 3.42. The third kappa shape index (κ3) is 2.84. The number of likely N-dealkylation sites (tertiary alicyclic amines) is 1. The maximum absolute atomic E-state index is 6.16. The molecule has 2 aromatic heterocycles. The average Bonchev–Trinajstić information content (AvgIpc) is 3.25. The second kappa shape index (κ2) is 5.70. The molecule has 1 N–H and O–H groups in total. The molecule has 6 heteroatoms. The van der Waals surface area contributed by atoms with E-state index in [0.717, 1.165) is 44.9 Å². The molecule has 0 amide bonds. The number of furan rings is 1. The highest BCUT2D eigenvalue weighted by atomic mass is 16.5. The van der Waals surface area contributed by atoms with E-state index in [1.807, 2.05) is 12.3 Å². The first-order valence-corrected chi connectivity index (χ1v) is 7.71. The van der Waals surface area contributed by atoms with Gasteiger partial charge in [-0.3, -0.25) is 9.88 Å². The molecule has 0 saturated carbocycles. The van der Waals surface area contributed by atoms with Gasteiger partial charge in [0.15, 0.2) is 0 Å². The molecule has 2 saturated heterocycles. The molecule has 4 heterocycles. The monoisotopic (exact) mass is 300 g/mol. The molecular formula is C16H20N4O2. The summed E-state index contributed by atoms with van der Waals surface area (Å²) in [5.41, 5.74) is 1.22. The molecule has 22 heavy (non-hydrogen) atoms. The molecule has 2 atom stereocenters. The number of anilines is 1. The van der Waals surface area contributed by atoms with E-state index in [9.17, 15) is 0 Å². The Hall–Kier alpha value is -1.92. The molecule has 2 aromatic rings.